The third-order valence-electron chi connectivity index (χ3n) is 3.85. The highest BCUT2D eigenvalue weighted by atomic mass is 32.1. The summed E-state index contributed by atoms with van der Waals surface area (Å²) in [6, 6.07) is 0. The molecule has 2 atom stereocenters. The summed E-state index contributed by atoms with van der Waals surface area (Å²) in [6.45, 7) is 2.24. The summed E-state index contributed by atoms with van der Waals surface area (Å²) in [5.41, 5.74) is 4.99. The zero-order valence-electron chi connectivity index (χ0n) is 10.5. The van der Waals surface area contributed by atoms with E-state index in [1.54, 1.807) is 6.20 Å². The van der Waals surface area contributed by atoms with Crippen molar-refractivity contribution in [2.75, 3.05) is 5.73 Å². The Hall–Kier alpha value is -0.610. The first-order valence-corrected chi connectivity index (χ1v) is 7.40. The Morgan fingerprint density at radius 2 is 2.35 bits per heavy atom. The van der Waals surface area contributed by atoms with E-state index < -0.39 is 5.60 Å². The van der Waals surface area contributed by atoms with Crippen LogP contribution in [0.4, 0.5) is 5.13 Å². The molecular weight excluding hydrogens is 232 g/mol. The molecule has 3 nitrogen and oxygen atoms in total. The molecule has 1 aliphatic rings. The number of rotatable bonds is 3. The topological polar surface area (TPSA) is 59.1 Å². The van der Waals surface area contributed by atoms with Crippen LogP contribution in [0.1, 0.15) is 56.7 Å². The first-order chi connectivity index (χ1) is 8.14. The van der Waals surface area contributed by atoms with E-state index in [-0.39, 0.29) is 0 Å². The fourth-order valence-electron chi connectivity index (χ4n) is 2.84. The van der Waals surface area contributed by atoms with E-state index in [0.717, 1.165) is 36.5 Å². The van der Waals surface area contributed by atoms with Crippen molar-refractivity contribution in [3.63, 3.8) is 0 Å². The summed E-state index contributed by atoms with van der Waals surface area (Å²) in [5, 5.41) is 11.3. The lowest BCUT2D eigenvalue weighted by atomic mass is 9.91. The number of aromatic nitrogens is 1. The number of nitrogens with two attached hydrogens (primary N) is 1. The van der Waals surface area contributed by atoms with Crippen molar-refractivity contribution in [3.05, 3.63) is 11.1 Å². The molecule has 4 heteroatoms. The standard InChI is InChI=1S/C13H22N2OS/c1-2-4-10-5-3-7-13(16,8-6-10)11-9-15-12(14)17-11/h9-10,16H,2-8H2,1H3,(H2,14,15). The number of hydrogen-bond acceptors (Lipinski definition) is 4. The minimum atomic E-state index is -0.669. The Morgan fingerprint density at radius 1 is 1.53 bits per heavy atom. The molecule has 1 aromatic heterocycles. The van der Waals surface area contributed by atoms with E-state index in [1.165, 1.54) is 30.6 Å². The SMILES string of the molecule is CCCC1CCCC(O)(c2cnc(N)s2)CC1. The van der Waals surface area contributed by atoms with Gasteiger partial charge in [-0.2, -0.15) is 0 Å². The molecule has 1 aliphatic carbocycles. The van der Waals surface area contributed by atoms with Crippen LogP contribution >= 0.6 is 11.3 Å². The van der Waals surface area contributed by atoms with Gasteiger partial charge in [0, 0.05) is 6.20 Å². The molecule has 1 saturated carbocycles. The van der Waals surface area contributed by atoms with E-state index in [1.807, 2.05) is 0 Å². The lowest BCUT2D eigenvalue weighted by Crippen LogP contribution is -2.23. The highest BCUT2D eigenvalue weighted by Gasteiger charge is 2.34. The van der Waals surface area contributed by atoms with Crippen LogP contribution in [0.15, 0.2) is 6.20 Å². The van der Waals surface area contributed by atoms with Gasteiger partial charge in [-0.1, -0.05) is 37.5 Å². The Kier molecular flexibility index (Phi) is 4.05. The predicted octanol–water partition coefficient (Wildman–Crippen LogP) is 3.29. The predicted molar refractivity (Wildman–Crippen MR) is 71.9 cm³/mol. The third-order valence-corrected chi connectivity index (χ3v) is 4.87. The second kappa shape index (κ2) is 5.36. The summed E-state index contributed by atoms with van der Waals surface area (Å²) in [6.07, 6.45) is 9.50. The molecule has 96 valence electrons. The van der Waals surface area contributed by atoms with Crippen molar-refractivity contribution < 1.29 is 5.11 Å². The fraction of sp³-hybridized carbons (Fsp3) is 0.769. The Labute approximate surface area is 107 Å². The summed E-state index contributed by atoms with van der Waals surface area (Å²) < 4.78 is 0. The maximum absolute atomic E-state index is 10.7. The number of nitrogens with zero attached hydrogens (tertiary/aromatic N) is 1. The van der Waals surface area contributed by atoms with Gasteiger partial charge in [0.25, 0.3) is 0 Å². The van der Waals surface area contributed by atoms with Gasteiger partial charge in [0.2, 0.25) is 0 Å². The van der Waals surface area contributed by atoms with Crippen molar-refractivity contribution in [1.82, 2.24) is 4.98 Å². The fourth-order valence-corrected chi connectivity index (χ4v) is 3.67. The summed E-state index contributed by atoms with van der Waals surface area (Å²) in [5.74, 6) is 0.791. The number of thiazole rings is 1. The molecule has 0 radical (unpaired) electrons. The van der Waals surface area contributed by atoms with Crippen LogP contribution in [0.25, 0.3) is 0 Å². The number of aliphatic hydroxyl groups is 1. The molecule has 1 heterocycles. The van der Waals surface area contributed by atoms with Crippen molar-refractivity contribution in [1.29, 1.82) is 0 Å². The summed E-state index contributed by atoms with van der Waals surface area (Å²) in [7, 11) is 0. The van der Waals surface area contributed by atoms with Crippen molar-refractivity contribution in [3.8, 4) is 0 Å². The monoisotopic (exact) mass is 254 g/mol. The molecule has 0 saturated heterocycles. The first-order valence-electron chi connectivity index (χ1n) is 6.58. The highest BCUT2D eigenvalue weighted by Crippen LogP contribution is 2.41. The van der Waals surface area contributed by atoms with Crippen molar-refractivity contribution in [2.45, 2.75) is 57.5 Å². The molecule has 3 N–H and O–H groups in total. The number of hydrogen-bond donors (Lipinski definition) is 2. The van der Waals surface area contributed by atoms with Gasteiger partial charge in [0.15, 0.2) is 5.13 Å². The van der Waals surface area contributed by atoms with Crippen LogP contribution in [0.2, 0.25) is 0 Å². The second-order valence-corrected chi connectivity index (χ2v) is 6.24. The molecule has 0 aromatic carbocycles. The molecule has 2 unspecified atom stereocenters. The van der Waals surface area contributed by atoms with E-state index in [2.05, 4.69) is 11.9 Å². The van der Waals surface area contributed by atoms with E-state index in [9.17, 15) is 5.11 Å². The third kappa shape index (κ3) is 2.99. The number of anilines is 1. The molecule has 0 spiro atoms. The van der Waals surface area contributed by atoms with E-state index in [4.69, 9.17) is 5.73 Å². The zero-order chi connectivity index (χ0) is 12.3. The van der Waals surface area contributed by atoms with Gasteiger partial charge >= 0.3 is 0 Å². The van der Waals surface area contributed by atoms with Crippen molar-refractivity contribution in [2.24, 2.45) is 5.92 Å². The summed E-state index contributed by atoms with van der Waals surface area (Å²) >= 11 is 1.43. The molecular formula is C13H22N2OS. The van der Waals surface area contributed by atoms with Gasteiger partial charge in [-0.15, -0.1) is 0 Å². The average molecular weight is 254 g/mol. The smallest absolute Gasteiger partial charge is 0.180 e. The first kappa shape index (κ1) is 12.8. The lowest BCUT2D eigenvalue weighted by Gasteiger charge is -2.24. The van der Waals surface area contributed by atoms with Gasteiger partial charge in [-0.25, -0.2) is 4.98 Å². The van der Waals surface area contributed by atoms with Gasteiger partial charge in [-0.3, -0.25) is 0 Å². The van der Waals surface area contributed by atoms with Crippen LogP contribution in [0, 0.1) is 5.92 Å². The van der Waals surface area contributed by atoms with Crippen LogP contribution in [0.5, 0.6) is 0 Å². The van der Waals surface area contributed by atoms with Crippen LogP contribution < -0.4 is 5.73 Å². The van der Waals surface area contributed by atoms with Gasteiger partial charge in [-0.05, 0) is 31.6 Å². The molecule has 0 bridgehead atoms. The maximum Gasteiger partial charge on any atom is 0.180 e. The molecule has 1 aromatic rings. The van der Waals surface area contributed by atoms with E-state index in [0.29, 0.717) is 5.13 Å². The molecule has 17 heavy (non-hydrogen) atoms. The van der Waals surface area contributed by atoms with Crippen LogP contribution in [-0.2, 0) is 5.60 Å². The van der Waals surface area contributed by atoms with Crippen LogP contribution in [-0.4, -0.2) is 10.1 Å². The largest absolute Gasteiger partial charge is 0.384 e. The minimum absolute atomic E-state index is 0.558. The average Bonchev–Trinajstić information content (AvgIpc) is 2.65. The molecule has 0 aliphatic heterocycles. The number of nitrogen functional groups attached to an aromatic ring is 1. The van der Waals surface area contributed by atoms with Crippen molar-refractivity contribution >= 4 is 16.5 Å². The van der Waals surface area contributed by atoms with E-state index >= 15 is 0 Å². The molecule has 0 amide bonds. The lowest BCUT2D eigenvalue weighted by molar-refractivity contribution is 0.0230. The Bertz CT molecular complexity index is 366. The summed E-state index contributed by atoms with van der Waals surface area (Å²) in [4.78, 5) is 5.01. The van der Waals surface area contributed by atoms with Gasteiger partial charge in [0.05, 0.1) is 4.88 Å². The quantitative estimate of drug-likeness (QED) is 0.814. The van der Waals surface area contributed by atoms with Gasteiger partial charge in [0.1, 0.15) is 5.60 Å². The molecule has 2 rings (SSSR count). The van der Waals surface area contributed by atoms with Crippen LogP contribution in [0.3, 0.4) is 0 Å². The minimum Gasteiger partial charge on any atom is -0.384 e. The van der Waals surface area contributed by atoms with Gasteiger partial charge < -0.3 is 10.8 Å². The Balaban J connectivity index is 2.06. The second-order valence-electron chi connectivity index (χ2n) is 5.18. The highest BCUT2D eigenvalue weighted by molar-refractivity contribution is 7.15. The normalized spacial score (nSPS) is 30.1. The Morgan fingerprint density at radius 3 is 3.00 bits per heavy atom. The maximum atomic E-state index is 10.7. The zero-order valence-corrected chi connectivity index (χ0v) is 11.3. The molecule has 1 fully saturated rings.